The Kier molecular flexibility index (Phi) is 2.59. The largest absolute Gasteiger partial charge is 0.294 e. The molecule has 0 radical (unpaired) electrons. The highest BCUT2D eigenvalue weighted by Crippen LogP contribution is 2.58. The fourth-order valence-electron chi connectivity index (χ4n) is 4.83. The third-order valence-corrected chi connectivity index (χ3v) is 6.03. The molecule has 1 nitrogen and oxygen atoms in total. The molecule has 3 unspecified atom stereocenters. The molecule has 3 aliphatic carbocycles. The molecule has 1 heteroatoms. The van der Waals surface area contributed by atoms with Crippen LogP contribution in [0, 0.1) is 11.8 Å². The predicted octanol–water partition coefficient (Wildman–Crippen LogP) is 4.79. The molecule has 1 saturated carbocycles. The lowest BCUT2D eigenvalue weighted by molar-refractivity contribution is 0.0943. The Morgan fingerprint density at radius 2 is 2.00 bits per heavy atom. The molecular formula is C20H24O. The normalized spacial score (nSPS) is 33.8. The van der Waals surface area contributed by atoms with Crippen molar-refractivity contribution in [2.45, 2.75) is 57.3 Å². The average Bonchev–Trinajstić information content (AvgIpc) is 3.03. The van der Waals surface area contributed by atoms with Gasteiger partial charge >= 0.3 is 0 Å². The monoisotopic (exact) mass is 280 g/mol. The van der Waals surface area contributed by atoms with Gasteiger partial charge in [0.2, 0.25) is 0 Å². The molecule has 1 spiro atoms. The summed E-state index contributed by atoms with van der Waals surface area (Å²) in [6.07, 6.45) is 9.16. The highest BCUT2D eigenvalue weighted by molar-refractivity contribution is 5.99. The summed E-state index contributed by atoms with van der Waals surface area (Å²) in [5.41, 5.74) is 4.02. The third kappa shape index (κ3) is 1.79. The molecule has 0 aromatic heterocycles. The summed E-state index contributed by atoms with van der Waals surface area (Å²) in [6, 6.07) is 6.73. The van der Waals surface area contributed by atoms with Gasteiger partial charge < -0.3 is 0 Å². The number of carbonyl (C=O) groups excluding carboxylic acids is 1. The van der Waals surface area contributed by atoms with Gasteiger partial charge in [0.15, 0.2) is 5.78 Å². The van der Waals surface area contributed by atoms with Gasteiger partial charge in [0.1, 0.15) is 0 Å². The van der Waals surface area contributed by atoms with Crippen LogP contribution in [0.25, 0.3) is 0 Å². The van der Waals surface area contributed by atoms with Gasteiger partial charge in [-0.15, -0.1) is 0 Å². The first-order valence-electron chi connectivity index (χ1n) is 8.27. The minimum atomic E-state index is 0.106. The van der Waals surface area contributed by atoms with E-state index < -0.39 is 0 Å². The Labute approximate surface area is 127 Å². The van der Waals surface area contributed by atoms with E-state index in [1.807, 2.05) is 0 Å². The first kappa shape index (κ1) is 13.3. The molecule has 0 N–H and O–H groups in total. The fourth-order valence-corrected chi connectivity index (χ4v) is 4.83. The molecule has 21 heavy (non-hydrogen) atoms. The highest BCUT2D eigenvalue weighted by Gasteiger charge is 2.52. The van der Waals surface area contributed by atoms with Crippen LogP contribution in [0.5, 0.6) is 0 Å². The third-order valence-electron chi connectivity index (χ3n) is 6.03. The van der Waals surface area contributed by atoms with Crippen LogP contribution in [-0.4, -0.2) is 5.78 Å². The van der Waals surface area contributed by atoms with Gasteiger partial charge in [-0.25, -0.2) is 0 Å². The van der Waals surface area contributed by atoms with E-state index in [1.165, 1.54) is 24.0 Å². The number of hydrogen-bond donors (Lipinski definition) is 0. The lowest BCUT2D eigenvalue weighted by Crippen LogP contribution is -2.37. The van der Waals surface area contributed by atoms with Gasteiger partial charge in [-0.2, -0.15) is 0 Å². The lowest BCUT2D eigenvalue weighted by atomic mass is 9.62. The average molecular weight is 280 g/mol. The van der Waals surface area contributed by atoms with Crippen LogP contribution >= 0.6 is 0 Å². The summed E-state index contributed by atoms with van der Waals surface area (Å²) in [7, 11) is 0. The van der Waals surface area contributed by atoms with Crippen LogP contribution < -0.4 is 0 Å². The highest BCUT2D eigenvalue weighted by atomic mass is 16.1. The molecule has 0 aliphatic heterocycles. The Morgan fingerprint density at radius 3 is 2.62 bits per heavy atom. The Morgan fingerprint density at radius 1 is 1.19 bits per heavy atom. The second-order valence-electron chi connectivity index (χ2n) is 8.28. The quantitative estimate of drug-likeness (QED) is 0.624. The SMILES string of the molecule is CC(C)(C)c1ccc2c(c1)C(=O)CCC21CC2C=CC1C2. The van der Waals surface area contributed by atoms with Gasteiger partial charge in [0.05, 0.1) is 0 Å². The zero-order valence-electron chi connectivity index (χ0n) is 13.3. The smallest absolute Gasteiger partial charge is 0.163 e. The van der Waals surface area contributed by atoms with Crippen molar-refractivity contribution in [3.8, 4) is 0 Å². The molecule has 0 saturated heterocycles. The standard InChI is InChI=1S/C20H24O/c1-19(2,3)14-6-7-17-16(11-14)18(21)8-9-20(17)12-13-4-5-15(20)10-13/h4-7,11,13,15H,8-10,12H2,1-3H3. The maximum absolute atomic E-state index is 12.5. The van der Waals surface area contributed by atoms with Crippen molar-refractivity contribution in [1.29, 1.82) is 0 Å². The summed E-state index contributed by atoms with van der Waals surface area (Å²) >= 11 is 0. The van der Waals surface area contributed by atoms with E-state index >= 15 is 0 Å². The van der Waals surface area contributed by atoms with Gasteiger partial charge in [-0.1, -0.05) is 45.1 Å². The molecule has 1 aromatic rings. The maximum atomic E-state index is 12.5. The van der Waals surface area contributed by atoms with Gasteiger partial charge in [-0.3, -0.25) is 4.79 Å². The number of carbonyl (C=O) groups is 1. The van der Waals surface area contributed by atoms with Crippen molar-refractivity contribution < 1.29 is 4.79 Å². The molecule has 0 amide bonds. The van der Waals surface area contributed by atoms with Crippen molar-refractivity contribution in [3.05, 3.63) is 47.0 Å². The van der Waals surface area contributed by atoms with E-state index in [1.54, 1.807) is 0 Å². The second kappa shape index (κ2) is 4.09. The van der Waals surface area contributed by atoms with E-state index in [-0.39, 0.29) is 10.8 Å². The van der Waals surface area contributed by atoms with Gasteiger partial charge in [-0.05, 0) is 53.7 Å². The molecular weight excluding hydrogens is 256 g/mol. The number of fused-ring (bicyclic) bond motifs is 5. The van der Waals surface area contributed by atoms with Crippen molar-refractivity contribution >= 4 is 5.78 Å². The minimum Gasteiger partial charge on any atom is -0.294 e. The van der Waals surface area contributed by atoms with E-state index in [0.717, 1.165) is 24.3 Å². The fraction of sp³-hybridized carbons (Fsp3) is 0.550. The molecule has 1 aromatic carbocycles. The summed E-state index contributed by atoms with van der Waals surface area (Å²) in [5, 5.41) is 0. The van der Waals surface area contributed by atoms with Crippen LogP contribution in [0.1, 0.15) is 67.9 Å². The molecule has 4 rings (SSSR count). The molecule has 3 atom stereocenters. The Balaban J connectivity index is 1.87. The van der Waals surface area contributed by atoms with E-state index in [0.29, 0.717) is 11.7 Å². The van der Waals surface area contributed by atoms with Crippen molar-refractivity contribution in [3.63, 3.8) is 0 Å². The molecule has 2 bridgehead atoms. The summed E-state index contributed by atoms with van der Waals surface area (Å²) in [5.74, 6) is 1.77. The van der Waals surface area contributed by atoms with Crippen LogP contribution in [0.15, 0.2) is 30.4 Å². The Bertz CT molecular complexity index is 646. The van der Waals surface area contributed by atoms with Crippen LogP contribution in [0.4, 0.5) is 0 Å². The number of benzene rings is 1. The van der Waals surface area contributed by atoms with E-state index in [9.17, 15) is 4.79 Å². The lowest BCUT2D eigenvalue weighted by Gasteiger charge is -2.41. The number of allylic oxidation sites excluding steroid dienone is 2. The summed E-state index contributed by atoms with van der Waals surface area (Å²) in [4.78, 5) is 12.5. The predicted molar refractivity (Wildman–Crippen MR) is 85.7 cm³/mol. The van der Waals surface area contributed by atoms with Crippen LogP contribution in [0.3, 0.4) is 0 Å². The van der Waals surface area contributed by atoms with Crippen molar-refractivity contribution in [2.24, 2.45) is 11.8 Å². The summed E-state index contributed by atoms with van der Waals surface area (Å²) < 4.78 is 0. The van der Waals surface area contributed by atoms with E-state index in [2.05, 4.69) is 51.1 Å². The first-order chi connectivity index (χ1) is 9.90. The number of Topliss-reactive ketones (excluding diaryl/α,β-unsaturated/α-hetero) is 1. The van der Waals surface area contributed by atoms with Crippen molar-refractivity contribution in [2.75, 3.05) is 0 Å². The Hall–Kier alpha value is -1.37. The van der Waals surface area contributed by atoms with Gasteiger partial charge in [0.25, 0.3) is 0 Å². The molecule has 0 heterocycles. The number of hydrogen-bond acceptors (Lipinski definition) is 1. The topological polar surface area (TPSA) is 17.1 Å². The molecule has 3 aliphatic rings. The molecule has 1 fully saturated rings. The van der Waals surface area contributed by atoms with Crippen molar-refractivity contribution in [1.82, 2.24) is 0 Å². The zero-order valence-corrected chi connectivity index (χ0v) is 13.3. The minimum absolute atomic E-state index is 0.106. The van der Waals surface area contributed by atoms with Gasteiger partial charge in [0, 0.05) is 17.4 Å². The van der Waals surface area contributed by atoms with Crippen LogP contribution in [-0.2, 0) is 10.8 Å². The van der Waals surface area contributed by atoms with Crippen LogP contribution in [0.2, 0.25) is 0 Å². The zero-order chi connectivity index (χ0) is 14.8. The number of ketones is 1. The second-order valence-corrected chi connectivity index (χ2v) is 8.28. The molecule has 110 valence electrons. The number of rotatable bonds is 0. The summed E-state index contributed by atoms with van der Waals surface area (Å²) in [6.45, 7) is 6.66. The first-order valence-corrected chi connectivity index (χ1v) is 8.27. The maximum Gasteiger partial charge on any atom is 0.163 e. The van der Waals surface area contributed by atoms with E-state index in [4.69, 9.17) is 0 Å².